The first-order valence-electron chi connectivity index (χ1n) is 9.66. The van der Waals surface area contributed by atoms with Crippen molar-refractivity contribution in [3.63, 3.8) is 0 Å². The molecular formula is C22H18FN5OS. The van der Waals surface area contributed by atoms with E-state index in [4.69, 9.17) is 0 Å². The number of nitrogens with zero attached hydrogens (tertiary/aromatic N) is 4. The summed E-state index contributed by atoms with van der Waals surface area (Å²) >= 11 is 1.43. The predicted octanol–water partition coefficient (Wildman–Crippen LogP) is 4.21. The van der Waals surface area contributed by atoms with Crippen LogP contribution in [0.3, 0.4) is 0 Å². The van der Waals surface area contributed by atoms with Crippen molar-refractivity contribution in [2.24, 2.45) is 0 Å². The van der Waals surface area contributed by atoms with Gasteiger partial charge in [0.25, 0.3) is 5.91 Å². The fourth-order valence-corrected chi connectivity index (χ4v) is 4.32. The summed E-state index contributed by atoms with van der Waals surface area (Å²) in [4.78, 5) is 16.7. The van der Waals surface area contributed by atoms with Crippen LogP contribution in [0, 0.1) is 5.82 Å². The molecule has 2 heterocycles. The van der Waals surface area contributed by atoms with Gasteiger partial charge in [-0.2, -0.15) is 0 Å². The van der Waals surface area contributed by atoms with Crippen molar-refractivity contribution in [3.05, 3.63) is 83.4 Å². The van der Waals surface area contributed by atoms with Gasteiger partial charge in [0.2, 0.25) is 0 Å². The second-order valence-electron chi connectivity index (χ2n) is 7.21. The molecule has 0 spiro atoms. The Morgan fingerprint density at radius 1 is 1.07 bits per heavy atom. The van der Waals surface area contributed by atoms with Gasteiger partial charge in [0, 0.05) is 29.1 Å². The van der Waals surface area contributed by atoms with Crippen LogP contribution in [-0.4, -0.2) is 31.7 Å². The van der Waals surface area contributed by atoms with Gasteiger partial charge in [0.05, 0.1) is 5.69 Å². The van der Waals surface area contributed by atoms with Crippen molar-refractivity contribution in [1.82, 2.24) is 25.1 Å². The Balaban J connectivity index is 1.40. The first kappa shape index (κ1) is 18.6. The lowest BCUT2D eigenvalue weighted by Crippen LogP contribution is -2.44. The van der Waals surface area contributed by atoms with Gasteiger partial charge in [-0.1, -0.05) is 30.3 Å². The maximum absolute atomic E-state index is 14.6. The first-order chi connectivity index (χ1) is 14.7. The van der Waals surface area contributed by atoms with Crippen LogP contribution in [0.25, 0.3) is 16.5 Å². The summed E-state index contributed by atoms with van der Waals surface area (Å²) in [5.41, 5.74) is 1.04. The van der Waals surface area contributed by atoms with E-state index in [9.17, 15) is 9.18 Å². The van der Waals surface area contributed by atoms with Gasteiger partial charge < -0.3 is 5.32 Å². The Morgan fingerprint density at radius 2 is 1.83 bits per heavy atom. The van der Waals surface area contributed by atoms with Gasteiger partial charge in [-0.3, -0.25) is 9.36 Å². The molecule has 30 heavy (non-hydrogen) atoms. The maximum atomic E-state index is 14.6. The number of rotatable bonds is 5. The molecule has 0 aliphatic heterocycles. The lowest BCUT2D eigenvalue weighted by Gasteiger charge is -2.35. The largest absolute Gasteiger partial charge is 0.349 e. The molecular weight excluding hydrogens is 401 g/mol. The van der Waals surface area contributed by atoms with E-state index in [0.29, 0.717) is 27.9 Å². The zero-order chi connectivity index (χ0) is 20.5. The number of nitrogens with one attached hydrogen (secondary N) is 1. The minimum absolute atomic E-state index is 0.0526. The van der Waals surface area contributed by atoms with Crippen molar-refractivity contribution in [2.45, 2.75) is 24.8 Å². The van der Waals surface area contributed by atoms with Crippen molar-refractivity contribution in [1.29, 1.82) is 0 Å². The number of hydrogen-bond donors (Lipinski definition) is 1. The molecule has 6 nitrogen and oxygen atoms in total. The van der Waals surface area contributed by atoms with Crippen LogP contribution in [0.4, 0.5) is 4.39 Å². The van der Waals surface area contributed by atoms with E-state index in [1.54, 1.807) is 41.1 Å². The summed E-state index contributed by atoms with van der Waals surface area (Å²) in [6.45, 7) is 0. The van der Waals surface area contributed by atoms with Crippen molar-refractivity contribution in [3.8, 4) is 16.5 Å². The number of benzene rings is 2. The Morgan fingerprint density at radius 3 is 2.57 bits per heavy atom. The first-order valence-corrected chi connectivity index (χ1v) is 10.5. The molecule has 150 valence electrons. The third-order valence-electron chi connectivity index (χ3n) is 5.28. The molecule has 1 aliphatic rings. The zero-order valence-corrected chi connectivity index (χ0v) is 16.7. The molecule has 2 aromatic heterocycles. The average Bonchev–Trinajstić information content (AvgIpc) is 3.41. The summed E-state index contributed by atoms with van der Waals surface area (Å²) in [6.07, 6.45) is 3.14. The number of aromatic nitrogens is 4. The quantitative estimate of drug-likeness (QED) is 0.526. The summed E-state index contributed by atoms with van der Waals surface area (Å²) in [7, 11) is 0. The smallest absolute Gasteiger partial charge is 0.251 e. The third-order valence-corrected chi connectivity index (χ3v) is 6.05. The normalized spacial score (nSPS) is 18.0. The molecule has 0 atom stereocenters. The van der Waals surface area contributed by atoms with Crippen LogP contribution < -0.4 is 5.32 Å². The molecule has 0 bridgehead atoms. The van der Waals surface area contributed by atoms with Crippen LogP contribution in [-0.2, 0) is 0 Å². The molecule has 0 unspecified atom stereocenters. The van der Waals surface area contributed by atoms with E-state index >= 15 is 0 Å². The van der Waals surface area contributed by atoms with Crippen LogP contribution in [0.1, 0.15) is 34.9 Å². The Labute approximate surface area is 176 Å². The fourth-order valence-electron chi connectivity index (χ4n) is 3.71. The average molecular weight is 419 g/mol. The van der Waals surface area contributed by atoms with Crippen molar-refractivity contribution in [2.75, 3.05) is 0 Å². The number of amides is 1. The van der Waals surface area contributed by atoms with E-state index in [0.717, 1.165) is 12.8 Å². The number of carbonyl (C=O) groups is 1. The van der Waals surface area contributed by atoms with Gasteiger partial charge in [-0.25, -0.2) is 9.37 Å². The van der Waals surface area contributed by atoms with E-state index < -0.39 is 0 Å². The highest BCUT2D eigenvalue weighted by atomic mass is 32.1. The van der Waals surface area contributed by atoms with Crippen LogP contribution >= 0.6 is 11.3 Å². The van der Waals surface area contributed by atoms with Gasteiger partial charge in [-0.05, 0) is 37.1 Å². The number of thiazole rings is 1. The fraction of sp³-hybridized carbons (Fsp3) is 0.182. The van der Waals surface area contributed by atoms with Gasteiger partial charge in [0.15, 0.2) is 10.8 Å². The number of carbonyl (C=O) groups excluding carboxylic acids is 1. The Hall–Kier alpha value is -3.39. The maximum Gasteiger partial charge on any atom is 0.251 e. The molecule has 0 saturated heterocycles. The van der Waals surface area contributed by atoms with Crippen LogP contribution in [0.5, 0.6) is 0 Å². The minimum atomic E-state index is -0.343. The second kappa shape index (κ2) is 7.79. The van der Waals surface area contributed by atoms with Crippen LogP contribution in [0.15, 0.2) is 66.2 Å². The Bertz CT molecular complexity index is 1170. The molecule has 0 radical (unpaired) electrons. The molecule has 1 saturated carbocycles. The molecule has 5 rings (SSSR count). The predicted molar refractivity (Wildman–Crippen MR) is 112 cm³/mol. The summed E-state index contributed by atoms with van der Waals surface area (Å²) in [6, 6.07) is 15.8. The second-order valence-corrected chi connectivity index (χ2v) is 8.11. The SMILES string of the molecule is O=C(N[C@H]1C[C@H](c2nnc(-c3nccs3)n2-c2ccccc2F)C1)c1ccccc1. The van der Waals surface area contributed by atoms with E-state index in [-0.39, 0.29) is 23.7 Å². The highest BCUT2D eigenvalue weighted by molar-refractivity contribution is 7.13. The van der Waals surface area contributed by atoms with Crippen LogP contribution in [0.2, 0.25) is 0 Å². The molecule has 4 aromatic rings. The molecule has 1 amide bonds. The lowest BCUT2D eigenvalue weighted by atomic mass is 9.79. The number of para-hydroxylation sites is 1. The van der Waals surface area contributed by atoms with Gasteiger partial charge in [0.1, 0.15) is 11.6 Å². The Kier molecular flexibility index (Phi) is 4.84. The van der Waals surface area contributed by atoms with E-state index in [1.165, 1.54) is 17.4 Å². The third kappa shape index (κ3) is 3.39. The van der Waals surface area contributed by atoms with Gasteiger partial charge in [-0.15, -0.1) is 21.5 Å². The standard InChI is InChI=1S/C22H18FN5OS/c23-17-8-4-5-9-18(17)28-19(26-27-20(28)22-24-10-11-30-22)15-12-16(13-15)25-21(29)14-6-2-1-3-7-14/h1-11,15-16H,12-13H2,(H,25,29)/t15-,16-. The van der Waals surface area contributed by atoms with Crippen molar-refractivity contribution >= 4 is 17.2 Å². The summed E-state index contributed by atoms with van der Waals surface area (Å²) in [5.74, 6) is 0.868. The molecule has 8 heteroatoms. The van der Waals surface area contributed by atoms with E-state index in [2.05, 4.69) is 20.5 Å². The lowest BCUT2D eigenvalue weighted by molar-refractivity contribution is 0.0907. The minimum Gasteiger partial charge on any atom is -0.349 e. The summed E-state index contributed by atoms with van der Waals surface area (Å²) < 4.78 is 16.4. The molecule has 2 aromatic carbocycles. The monoisotopic (exact) mass is 419 g/mol. The zero-order valence-electron chi connectivity index (χ0n) is 15.9. The van der Waals surface area contributed by atoms with Gasteiger partial charge >= 0.3 is 0 Å². The molecule has 1 N–H and O–H groups in total. The van der Waals surface area contributed by atoms with E-state index in [1.807, 2.05) is 23.6 Å². The molecule has 1 fully saturated rings. The topological polar surface area (TPSA) is 72.7 Å². The number of halogens is 1. The highest BCUT2D eigenvalue weighted by Gasteiger charge is 2.36. The number of hydrogen-bond acceptors (Lipinski definition) is 5. The summed E-state index contributed by atoms with van der Waals surface area (Å²) in [5, 5.41) is 14.3. The highest BCUT2D eigenvalue weighted by Crippen LogP contribution is 2.39. The molecule has 1 aliphatic carbocycles. The van der Waals surface area contributed by atoms with Crippen molar-refractivity contribution < 1.29 is 9.18 Å².